The SMILES string of the molecule is COC(=O)N1CCCC(NC(=O)[C@@H]2CCCN2c2nc(Nc3cc(C4CC4)[nH]n3)c3cccn3n2)C1. The molecule has 0 bridgehead atoms. The second-order valence-corrected chi connectivity index (χ2v) is 9.82. The van der Waals surface area contributed by atoms with E-state index in [1.807, 2.05) is 29.3 Å². The third-order valence-corrected chi connectivity index (χ3v) is 7.25. The molecule has 3 aromatic heterocycles. The van der Waals surface area contributed by atoms with E-state index in [4.69, 9.17) is 14.8 Å². The number of hydrogen-bond donors (Lipinski definition) is 3. The minimum atomic E-state index is -0.369. The molecule has 3 aromatic rings. The number of likely N-dealkylation sites (tertiary alicyclic amines) is 1. The summed E-state index contributed by atoms with van der Waals surface area (Å²) >= 11 is 0. The average Bonchev–Trinajstić information content (AvgIpc) is 3.27. The molecule has 1 aliphatic carbocycles. The topological polar surface area (TPSA) is 133 Å². The zero-order chi connectivity index (χ0) is 24.6. The molecule has 36 heavy (non-hydrogen) atoms. The van der Waals surface area contributed by atoms with Gasteiger partial charge in [0.05, 0.1) is 7.11 Å². The lowest BCUT2D eigenvalue weighted by atomic mass is 10.1. The number of anilines is 3. The van der Waals surface area contributed by atoms with Crippen molar-refractivity contribution in [3.63, 3.8) is 0 Å². The van der Waals surface area contributed by atoms with Crippen molar-refractivity contribution < 1.29 is 14.3 Å². The molecular formula is C24H31N9O3. The quantitative estimate of drug-likeness (QED) is 0.477. The van der Waals surface area contributed by atoms with Gasteiger partial charge in [-0.1, -0.05) is 0 Å². The molecule has 2 aliphatic heterocycles. The predicted octanol–water partition coefficient (Wildman–Crippen LogP) is 2.39. The maximum absolute atomic E-state index is 13.3. The number of nitrogens with one attached hydrogen (secondary N) is 3. The molecule has 6 rings (SSSR count). The molecule has 3 N–H and O–H groups in total. The van der Waals surface area contributed by atoms with Crippen molar-refractivity contribution in [3.8, 4) is 0 Å². The van der Waals surface area contributed by atoms with Crippen molar-refractivity contribution >= 4 is 35.1 Å². The molecule has 5 heterocycles. The molecular weight excluding hydrogens is 462 g/mol. The summed E-state index contributed by atoms with van der Waals surface area (Å²) in [5.41, 5.74) is 1.97. The Bertz CT molecular complexity index is 1270. The molecule has 2 atom stereocenters. The van der Waals surface area contributed by atoms with Gasteiger partial charge in [0.15, 0.2) is 11.6 Å². The van der Waals surface area contributed by atoms with E-state index in [0.717, 1.165) is 36.9 Å². The second kappa shape index (κ2) is 9.32. The van der Waals surface area contributed by atoms with Crippen molar-refractivity contribution in [2.24, 2.45) is 0 Å². The van der Waals surface area contributed by atoms with Crippen LogP contribution in [-0.2, 0) is 9.53 Å². The van der Waals surface area contributed by atoms with Crippen molar-refractivity contribution in [2.45, 2.75) is 56.5 Å². The summed E-state index contributed by atoms with van der Waals surface area (Å²) in [6, 6.07) is 5.44. The van der Waals surface area contributed by atoms with Crippen LogP contribution in [-0.4, -0.2) is 80.5 Å². The molecule has 0 spiro atoms. The number of rotatable bonds is 6. The van der Waals surface area contributed by atoms with E-state index in [1.54, 1.807) is 9.42 Å². The minimum absolute atomic E-state index is 0.0590. The Labute approximate surface area is 208 Å². The number of hydrogen-bond acceptors (Lipinski definition) is 8. The van der Waals surface area contributed by atoms with E-state index in [0.29, 0.717) is 43.1 Å². The fraction of sp³-hybridized carbons (Fsp3) is 0.542. The van der Waals surface area contributed by atoms with Gasteiger partial charge in [0.1, 0.15) is 11.6 Å². The first-order valence-corrected chi connectivity index (χ1v) is 12.7. The Hall–Kier alpha value is -3.83. The van der Waals surface area contributed by atoms with Crippen LogP contribution in [0.4, 0.5) is 22.4 Å². The summed E-state index contributed by atoms with van der Waals surface area (Å²) in [5.74, 6) is 2.38. The van der Waals surface area contributed by atoms with E-state index >= 15 is 0 Å². The highest BCUT2D eigenvalue weighted by Gasteiger charge is 2.35. The Morgan fingerprint density at radius 1 is 1.17 bits per heavy atom. The standard InChI is InChI=1S/C24H31N9O3/c1-36-24(35)31-10-2-5-16(14-31)25-22(34)19-7-3-11-32(19)23-27-21(18-6-4-12-33(18)30-23)26-20-13-17(28-29-20)15-8-9-15/h4,6,12-13,15-16,19H,2-3,5,7-11,14H2,1H3,(H,25,34)(H2,26,27,28,29,30)/t16?,19-/m0/s1. The lowest BCUT2D eigenvalue weighted by molar-refractivity contribution is -0.123. The zero-order valence-corrected chi connectivity index (χ0v) is 20.3. The highest BCUT2D eigenvalue weighted by atomic mass is 16.5. The van der Waals surface area contributed by atoms with Crippen LogP contribution < -0.4 is 15.5 Å². The minimum Gasteiger partial charge on any atom is -0.453 e. The van der Waals surface area contributed by atoms with Gasteiger partial charge in [-0.2, -0.15) is 10.1 Å². The van der Waals surface area contributed by atoms with Crippen LogP contribution in [0.15, 0.2) is 24.4 Å². The van der Waals surface area contributed by atoms with Crippen LogP contribution in [0, 0.1) is 0 Å². The van der Waals surface area contributed by atoms with Gasteiger partial charge in [-0.3, -0.25) is 9.89 Å². The second-order valence-electron chi connectivity index (χ2n) is 9.82. The number of aromatic amines is 1. The van der Waals surface area contributed by atoms with Gasteiger partial charge in [0.25, 0.3) is 0 Å². The van der Waals surface area contributed by atoms with Crippen LogP contribution >= 0.6 is 0 Å². The third-order valence-electron chi connectivity index (χ3n) is 7.25. The van der Waals surface area contributed by atoms with Crippen LogP contribution in [0.2, 0.25) is 0 Å². The number of carbonyl (C=O) groups is 2. The van der Waals surface area contributed by atoms with Gasteiger partial charge in [0.2, 0.25) is 11.9 Å². The number of methoxy groups -OCH3 is 1. The van der Waals surface area contributed by atoms with Crippen LogP contribution in [0.3, 0.4) is 0 Å². The van der Waals surface area contributed by atoms with Gasteiger partial charge in [0, 0.05) is 49.6 Å². The summed E-state index contributed by atoms with van der Waals surface area (Å²) in [6.07, 6.45) is 7.16. The molecule has 3 aliphatic rings. The number of carbonyl (C=O) groups excluding carboxylic acids is 2. The molecule has 1 unspecified atom stereocenters. The van der Waals surface area contributed by atoms with Gasteiger partial charge >= 0.3 is 6.09 Å². The van der Waals surface area contributed by atoms with E-state index in [9.17, 15) is 9.59 Å². The van der Waals surface area contributed by atoms with E-state index in [-0.39, 0.29) is 24.1 Å². The zero-order valence-electron chi connectivity index (χ0n) is 20.3. The van der Waals surface area contributed by atoms with Crippen LogP contribution in [0.25, 0.3) is 5.52 Å². The van der Waals surface area contributed by atoms with Gasteiger partial charge in [-0.15, -0.1) is 5.10 Å². The monoisotopic (exact) mass is 493 g/mol. The smallest absolute Gasteiger partial charge is 0.409 e. The Balaban J connectivity index is 1.20. The number of aromatic nitrogens is 5. The molecule has 12 heteroatoms. The molecule has 190 valence electrons. The summed E-state index contributed by atoms with van der Waals surface area (Å²) in [5, 5.41) is 18.7. The lowest BCUT2D eigenvalue weighted by Crippen LogP contribution is -2.53. The molecule has 2 saturated heterocycles. The first-order valence-electron chi connectivity index (χ1n) is 12.7. The largest absolute Gasteiger partial charge is 0.453 e. The fourth-order valence-corrected chi connectivity index (χ4v) is 5.23. The van der Waals surface area contributed by atoms with Crippen LogP contribution in [0.5, 0.6) is 0 Å². The fourth-order valence-electron chi connectivity index (χ4n) is 5.23. The number of amides is 2. The molecule has 1 saturated carbocycles. The van der Waals surface area contributed by atoms with Crippen molar-refractivity contribution in [3.05, 3.63) is 30.1 Å². The third kappa shape index (κ3) is 4.42. The maximum Gasteiger partial charge on any atom is 0.409 e. The maximum atomic E-state index is 13.3. The molecule has 12 nitrogen and oxygen atoms in total. The van der Waals surface area contributed by atoms with Crippen molar-refractivity contribution in [1.82, 2.24) is 35.0 Å². The highest BCUT2D eigenvalue weighted by molar-refractivity contribution is 5.86. The van der Waals surface area contributed by atoms with Crippen molar-refractivity contribution in [2.75, 3.05) is 37.0 Å². The number of fused-ring (bicyclic) bond motifs is 1. The normalized spacial score (nSPS) is 22.1. The Kier molecular flexibility index (Phi) is 5.86. The Morgan fingerprint density at radius 3 is 2.86 bits per heavy atom. The van der Waals surface area contributed by atoms with Crippen LogP contribution in [0.1, 0.15) is 50.1 Å². The lowest BCUT2D eigenvalue weighted by Gasteiger charge is -2.33. The van der Waals surface area contributed by atoms with Gasteiger partial charge in [-0.25, -0.2) is 9.31 Å². The molecule has 2 amide bonds. The van der Waals surface area contributed by atoms with E-state index in [2.05, 4.69) is 20.8 Å². The van der Waals surface area contributed by atoms with Gasteiger partial charge < -0.3 is 25.2 Å². The number of nitrogens with zero attached hydrogens (tertiary/aromatic N) is 6. The molecule has 3 fully saturated rings. The number of H-pyrrole nitrogens is 1. The predicted molar refractivity (Wildman–Crippen MR) is 132 cm³/mol. The molecule has 0 aromatic carbocycles. The van der Waals surface area contributed by atoms with Crippen molar-refractivity contribution in [1.29, 1.82) is 0 Å². The number of piperidine rings is 1. The summed E-state index contributed by atoms with van der Waals surface area (Å²) < 4.78 is 6.63. The average molecular weight is 494 g/mol. The van der Waals surface area contributed by atoms with E-state index < -0.39 is 0 Å². The first-order chi connectivity index (χ1) is 17.6. The Morgan fingerprint density at radius 2 is 2.03 bits per heavy atom. The highest BCUT2D eigenvalue weighted by Crippen LogP contribution is 2.39. The summed E-state index contributed by atoms with van der Waals surface area (Å²) in [7, 11) is 1.38. The van der Waals surface area contributed by atoms with Gasteiger partial charge in [-0.05, 0) is 50.7 Å². The van der Waals surface area contributed by atoms with E-state index in [1.165, 1.54) is 20.0 Å². The summed E-state index contributed by atoms with van der Waals surface area (Å²) in [4.78, 5) is 33.7. The first kappa shape index (κ1) is 22.6. The number of ether oxygens (including phenoxy) is 1. The summed E-state index contributed by atoms with van der Waals surface area (Å²) in [6.45, 7) is 1.79. The molecule has 0 radical (unpaired) electrons.